The van der Waals surface area contributed by atoms with E-state index in [1.807, 2.05) is 6.07 Å². The van der Waals surface area contributed by atoms with Crippen LogP contribution in [0.3, 0.4) is 0 Å². The van der Waals surface area contributed by atoms with Crippen LogP contribution in [-0.2, 0) is 9.59 Å². The Labute approximate surface area is 109 Å². The molecule has 1 amide bonds. The lowest BCUT2D eigenvalue weighted by Crippen LogP contribution is -2.37. The maximum atomic E-state index is 11.8. The molecule has 0 unspecified atom stereocenters. The largest absolute Gasteiger partial charge is 0.480 e. The summed E-state index contributed by atoms with van der Waals surface area (Å²) in [4.78, 5) is 22.7. The normalized spacial score (nSPS) is 10.6. The van der Waals surface area contributed by atoms with Crippen LogP contribution < -0.4 is 5.32 Å². The summed E-state index contributed by atoms with van der Waals surface area (Å²) in [6.07, 6.45) is 0. The number of hydrogen-bond acceptors (Lipinski definition) is 3. The number of nitrogens with one attached hydrogen (secondary N) is 1. The zero-order chi connectivity index (χ0) is 13.9. The highest BCUT2D eigenvalue weighted by Gasteiger charge is 2.36. The van der Waals surface area contributed by atoms with Crippen LogP contribution in [-0.4, -0.2) is 17.0 Å². The van der Waals surface area contributed by atoms with Gasteiger partial charge in [0, 0.05) is 0 Å². The summed E-state index contributed by atoms with van der Waals surface area (Å²) < 4.78 is 0. The molecule has 0 saturated carbocycles. The van der Waals surface area contributed by atoms with E-state index in [0.717, 1.165) is 0 Å². The van der Waals surface area contributed by atoms with E-state index in [-0.39, 0.29) is 10.7 Å². The highest BCUT2D eigenvalue weighted by molar-refractivity contribution is 6.34. The minimum Gasteiger partial charge on any atom is -0.480 e. The first-order chi connectivity index (χ1) is 8.28. The molecule has 2 N–H and O–H groups in total. The van der Waals surface area contributed by atoms with Crippen molar-refractivity contribution in [3.8, 4) is 6.07 Å². The van der Waals surface area contributed by atoms with Crippen LogP contribution in [0.2, 0.25) is 5.02 Å². The quantitative estimate of drug-likeness (QED) is 0.821. The van der Waals surface area contributed by atoms with Gasteiger partial charge in [0.25, 0.3) is 0 Å². The first-order valence-electron chi connectivity index (χ1n) is 5.03. The standard InChI is InChI=1S/C12H11ClN2O3/c1-12(2,11(17)18)10(16)15-9-4-3-7(6-14)5-8(9)13/h3-5H,1-2H3,(H,15,16)(H,17,18). The van der Waals surface area contributed by atoms with Crippen molar-refractivity contribution in [2.24, 2.45) is 5.41 Å². The zero-order valence-corrected chi connectivity index (χ0v) is 10.6. The first kappa shape index (κ1) is 14.0. The van der Waals surface area contributed by atoms with Gasteiger partial charge in [-0.1, -0.05) is 11.6 Å². The summed E-state index contributed by atoms with van der Waals surface area (Å²) in [5.74, 6) is -1.91. The topological polar surface area (TPSA) is 90.2 Å². The van der Waals surface area contributed by atoms with Crippen LogP contribution in [0.4, 0.5) is 5.69 Å². The second kappa shape index (κ2) is 5.07. The van der Waals surface area contributed by atoms with E-state index in [2.05, 4.69) is 5.32 Å². The number of nitrogens with zero attached hydrogens (tertiary/aromatic N) is 1. The number of rotatable bonds is 3. The molecule has 94 valence electrons. The molecule has 0 atom stereocenters. The average molecular weight is 267 g/mol. The monoisotopic (exact) mass is 266 g/mol. The SMILES string of the molecule is CC(C)(C(=O)O)C(=O)Nc1ccc(C#N)cc1Cl. The molecule has 0 fully saturated rings. The maximum Gasteiger partial charge on any atom is 0.318 e. The smallest absolute Gasteiger partial charge is 0.318 e. The first-order valence-corrected chi connectivity index (χ1v) is 5.41. The number of halogens is 1. The van der Waals surface area contributed by atoms with E-state index in [1.54, 1.807) is 0 Å². The molecule has 0 aliphatic rings. The number of anilines is 1. The highest BCUT2D eigenvalue weighted by atomic mass is 35.5. The second-order valence-electron chi connectivity index (χ2n) is 4.19. The molecular weight excluding hydrogens is 256 g/mol. The fraction of sp³-hybridized carbons (Fsp3) is 0.250. The van der Waals surface area contributed by atoms with Gasteiger partial charge < -0.3 is 10.4 Å². The van der Waals surface area contributed by atoms with Crippen molar-refractivity contribution in [1.29, 1.82) is 5.26 Å². The van der Waals surface area contributed by atoms with Crippen molar-refractivity contribution in [3.05, 3.63) is 28.8 Å². The van der Waals surface area contributed by atoms with Gasteiger partial charge in [-0.3, -0.25) is 9.59 Å². The molecule has 6 heteroatoms. The van der Waals surface area contributed by atoms with Gasteiger partial charge in [0.05, 0.1) is 22.3 Å². The molecule has 0 aromatic heterocycles. The van der Waals surface area contributed by atoms with Gasteiger partial charge in [-0.25, -0.2) is 0 Å². The van der Waals surface area contributed by atoms with Gasteiger partial charge in [-0.2, -0.15) is 5.26 Å². The maximum absolute atomic E-state index is 11.8. The lowest BCUT2D eigenvalue weighted by molar-refractivity contribution is -0.151. The van der Waals surface area contributed by atoms with Gasteiger partial charge in [-0.15, -0.1) is 0 Å². The van der Waals surface area contributed by atoms with Gasteiger partial charge >= 0.3 is 5.97 Å². The Kier molecular flexibility index (Phi) is 3.94. The number of nitriles is 1. The van der Waals surface area contributed by atoms with E-state index in [1.165, 1.54) is 32.0 Å². The minimum atomic E-state index is -1.56. The van der Waals surface area contributed by atoms with E-state index in [4.69, 9.17) is 22.0 Å². The third-order valence-electron chi connectivity index (χ3n) is 2.45. The molecule has 0 aliphatic heterocycles. The number of carboxylic acids is 1. The fourth-order valence-corrected chi connectivity index (χ4v) is 1.29. The van der Waals surface area contributed by atoms with E-state index < -0.39 is 17.3 Å². The number of hydrogen-bond donors (Lipinski definition) is 2. The summed E-state index contributed by atoms with van der Waals surface area (Å²) in [5.41, 5.74) is -0.928. The number of carbonyl (C=O) groups excluding carboxylic acids is 1. The van der Waals surface area contributed by atoms with E-state index >= 15 is 0 Å². The van der Waals surface area contributed by atoms with Gasteiger partial charge in [-0.05, 0) is 32.0 Å². The highest BCUT2D eigenvalue weighted by Crippen LogP contribution is 2.25. The van der Waals surface area contributed by atoms with Crippen molar-refractivity contribution in [2.75, 3.05) is 5.32 Å². The number of carbonyl (C=O) groups is 2. The molecule has 18 heavy (non-hydrogen) atoms. The molecule has 5 nitrogen and oxygen atoms in total. The molecule has 0 saturated heterocycles. The summed E-state index contributed by atoms with van der Waals surface area (Å²) in [7, 11) is 0. The number of amides is 1. The van der Waals surface area contributed by atoms with Crippen LogP contribution in [0, 0.1) is 16.7 Å². The zero-order valence-electron chi connectivity index (χ0n) is 9.82. The summed E-state index contributed by atoms with van der Waals surface area (Å²) in [5, 5.41) is 20.2. The Balaban J connectivity index is 2.97. The predicted octanol–water partition coefficient (Wildman–Crippen LogP) is 2.26. The predicted molar refractivity (Wildman–Crippen MR) is 66.2 cm³/mol. The van der Waals surface area contributed by atoms with Crippen LogP contribution in [0.1, 0.15) is 19.4 Å². The average Bonchev–Trinajstić information content (AvgIpc) is 2.31. The van der Waals surface area contributed by atoms with Crippen molar-refractivity contribution in [1.82, 2.24) is 0 Å². The Morgan fingerprint density at radius 3 is 2.50 bits per heavy atom. The van der Waals surface area contributed by atoms with E-state index in [0.29, 0.717) is 5.56 Å². The van der Waals surface area contributed by atoms with Crippen LogP contribution in [0.15, 0.2) is 18.2 Å². The Hall–Kier alpha value is -2.06. The lowest BCUT2D eigenvalue weighted by Gasteiger charge is -2.18. The second-order valence-corrected chi connectivity index (χ2v) is 4.60. The third kappa shape index (κ3) is 2.79. The van der Waals surface area contributed by atoms with Crippen LogP contribution in [0.25, 0.3) is 0 Å². The Bertz CT molecular complexity index is 547. The van der Waals surface area contributed by atoms with Crippen molar-refractivity contribution in [2.45, 2.75) is 13.8 Å². The number of benzene rings is 1. The van der Waals surface area contributed by atoms with Gasteiger partial charge in [0.15, 0.2) is 0 Å². The van der Waals surface area contributed by atoms with Crippen LogP contribution in [0.5, 0.6) is 0 Å². The van der Waals surface area contributed by atoms with Crippen molar-refractivity contribution < 1.29 is 14.7 Å². The molecular formula is C12H11ClN2O3. The molecule has 1 aromatic carbocycles. The van der Waals surface area contributed by atoms with Crippen LogP contribution >= 0.6 is 11.6 Å². The third-order valence-corrected chi connectivity index (χ3v) is 2.76. The lowest BCUT2D eigenvalue weighted by atomic mass is 9.92. The van der Waals surface area contributed by atoms with Crippen molar-refractivity contribution in [3.63, 3.8) is 0 Å². The molecule has 0 radical (unpaired) electrons. The van der Waals surface area contributed by atoms with E-state index in [9.17, 15) is 9.59 Å². The number of aliphatic carboxylic acids is 1. The minimum absolute atomic E-state index is 0.184. The molecule has 0 heterocycles. The molecule has 0 spiro atoms. The Morgan fingerprint density at radius 1 is 1.44 bits per heavy atom. The van der Waals surface area contributed by atoms with Gasteiger partial charge in [0.1, 0.15) is 5.41 Å². The molecule has 1 aromatic rings. The number of carboxylic acid groups (broad SMARTS) is 1. The fourth-order valence-electron chi connectivity index (χ4n) is 1.06. The summed E-state index contributed by atoms with van der Waals surface area (Å²) in [6, 6.07) is 6.24. The summed E-state index contributed by atoms with van der Waals surface area (Å²) in [6.45, 7) is 2.59. The van der Waals surface area contributed by atoms with Gasteiger partial charge in [0.2, 0.25) is 5.91 Å². The molecule has 0 aliphatic carbocycles. The Morgan fingerprint density at radius 2 is 2.06 bits per heavy atom. The molecule has 0 bridgehead atoms. The summed E-state index contributed by atoms with van der Waals surface area (Å²) >= 11 is 5.87. The van der Waals surface area contributed by atoms with Crippen molar-refractivity contribution >= 4 is 29.2 Å². The molecule has 1 rings (SSSR count).